The molecule has 1 saturated carbocycles. The summed E-state index contributed by atoms with van der Waals surface area (Å²) < 4.78 is 0. The SMILES string of the molecule is CC1CCC(N(C)Cc2cccc(CN)c2)CC1. The molecule has 0 amide bonds. The van der Waals surface area contributed by atoms with Gasteiger partial charge < -0.3 is 5.73 Å². The lowest BCUT2D eigenvalue weighted by Gasteiger charge is -2.33. The van der Waals surface area contributed by atoms with Gasteiger partial charge >= 0.3 is 0 Å². The highest BCUT2D eigenvalue weighted by Crippen LogP contribution is 2.27. The zero-order valence-corrected chi connectivity index (χ0v) is 11.7. The summed E-state index contributed by atoms with van der Waals surface area (Å²) in [5.41, 5.74) is 8.32. The smallest absolute Gasteiger partial charge is 0.0233 e. The summed E-state index contributed by atoms with van der Waals surface area (Å²) in [6.07, 6.45) is 5.48. The molecule has 0 spiro atoms. The van der Waals surface area contributed by atoms with E-state index >= 15 is 0 Å². The van der Waals surface area contributed by atoms with Crippen LogP contribution >= 0.6 is 0 Å². The molecular weight excluding hydrogens is 220 g/mol. The maximum atomic E-state index is 5.69. The van der Waals surface area contributed by atoms with Crippen LogP contribution in [0.2, 0.25) is 0 Å². The second kappa shape index (κ2) is 6.35. The van der Waals surface area contributed by atoms with E-state index in [1.165, 1.54) is 36.8 Å². The Morgan fingerprint density at radius 1 is 1.17 bits per heavy atom. The minimum atomic E-state index is 0.637. The van der Waals surface area contributed by atoms with Crippen molar-refractivity contribution in [2.45, 2.75) is 51.7 Å². The van der Waals surface area contributed by atoms with Crippen LogP contribution in [0.3, 0.4) is 0 Å². The third-order valence-electron chi connectivity index (χ3n) is 4.27. The van der Waals surface area contributed by atoms with Gasteiger partial charge in [0.2, 0.25) is 0 Å². The molecule has 0 aromatic heterocycles. The first-order valence-corrected chi connectivity index (χ1v) is 7.17. The average Bonchev–Trinajstić information content (AvgIpc) is 2.39. The van der Waals surface area contributed by atoms with Gasteiger partial charge in [0.25, 0.3) is 0 Å². The van der Waals surface area contributed by atoms with Crippen LogP contribution in [-0.4, -0.2) is 18.0 Å². The van der Waals surface area contributed by atoms with Gasteiger partial charge in [-0.1, -0.05) is 31.2 Å². The van der Waals surface area contributed by atoms with Crippen LogP contribution in [0.4, 0.5) is 0 Å². The molecule has 0 unspecified atom stereocenters. The van der Waals surface area contributed by atoms with Crippen molar-refractivity contribution in [1.82, 2.24) is 4.90 Å². The normalized spacial score (nSPS) is 24.4. The summed E-state index contributed by atoms with van der Waals surface area (Å²) in [4.78, 5) is 2.52. The number of nitrogens with zero attached hydrogens (tertiary/aromatic N) is 1. The second-order valence-corrected chi connectivity index (χ2v) is 5.85. The molecule has 2 rings (SSSR count). The molecule has 0 radical (unpaired) electrons. The standard InChI is InChI=1S/C16H26N2/c1-13-6-8-16(9-7-13)18(2)12-15-5-3-4-14(10-15)11-17/h3-5,10,13,16H,6-9,11-12,17H2,1-2H3. The third-order valence-corrected chi connectivity index (χ3v) is 4.27. The molecule has 0 aliphatic heterocycles. The number of rotatable bonds is 4. The summed E-state index contributed by atoms with van der Waals surface area (Å²) in [6.45, 7) is 4.06. The third kappa shape index (κ3) is 3.56. The van der Waals surface area contributed by atoms with Crippen molar-refractivity contribution >= 4 is 0 Å². The molecule has 0 atom stereocenters. The predicted molar refractivity (Wildman–Crippen MR) is 77.2 cm³/mol. The molecule has 1 fully saturated rings. The van der Waals surface area contributed by atoms with E-state index in [9.17, 15) is 0 Å². The molecule has 2 heteroatoms. The highest BCUT2D eigenvalue weighted by atomic mass is 15.1. The molecule has 0 heterocycles. The van der Waals surface area contributed by atoms with Crippen LogP contribution in [0, 0.1) is 5.92 Å². The number of hydrogen-bond donors (Lipinski definition) is 1. The van der Waals surface area contributed by atoms with Gasteiger partial charge in [0, 0.05) is 19.1 Å². The largest absolute Gasteiger partial charge is 0.326 e. The average molecular weight is 246 g/mol. The van der Waals surface area contributed by atoms with Crippen molar-refractivity contribution in [2.24, 2.45) is 11.7 Å². The van der Waals surface area contributed by atoms with E-state index in [0.29, 0.717) is 6.54 Å². The highest BCUT2D eigenvalue weighted by Gasteiger charge is 2.21. The van der Waals surface area contributed by atoms with E-state index in [1.54, 1.807) is 0 Å². The lowest BCUT2D eigenvalue weighted by atomic mass is 9.86. The van der Waals surface area contributed by atoms with E-state index in [0.717, 1.165) is 18.5 Å². The molecule has 100 valence electrons. The molecule has 1 aliphatic carbocycles. The van der Waals surface area contributed by atoms with Gasteiger partial charge in [-0.05, 0) is 49.8 Å². The van der Waals surface area contributed by atoms with E-state index in [4.69, 9.17) is 5.73 Å². The van der Waals surface area contributed by atoms with Gasteiger partial charge in [-0.25, -0.2) is 0 Å². The van der Waals surface area contributed by atoms with E-state index in [-0.39, 0.29) is 0 Å². The molecule has 0 saturated heterocycles. The fourth-order valence-electron chi connectivity index (χ4n) is 2.96. The van der Waals surface area contributed by atoms with Crippen LogP contribution < -0.4 is 5.73 Å². The summed E-state index contributed by atoms with van der Waals surface area (Å²) in [5, 5.41) is 0. The first kappa shape index (κ1) is 13.6. The van der Waals surface area contributed by atoms with Crippen LogP contribution in [0.15, 0.2) is 24.3 Å². The Kier molecular flexibility index (Phi) is 4.79. The maximum Gasteiger partial charge on any atom is 0.0233 e. The van der Waals surface area contributed by atoms with E-state index < -0.39 is 0 Å². The molecule has 2 N–H and O–H groups in total. The first-order valence-electron chi connectivity index (χ1n) is 7.17. The van der Waals surface area contributed by atoms with Gasteiger partial charge in [-0.3, -0.25) is 4.90 Å². The fourth-order valence-corrected chi connectivity index (χ4v) is 2.96. The Hall–Kier alpha value is -0.860. The Balaban J connectivity index is 1.91. The quantitative estimate of drug-likeness (QED) is 0.884. The predicted octanol–water partition coefficient (Wildman–Crippen LogP) is 3.16. The molecule has 1 aromatic carbocycles. The molecule has 18 heavy (non-hydrogen) atoms. The van der Waals surface area contributed by atoms with Crippen molar-refractivity contribution in [3.63, 3.8) is 0 Å². The van der Waals surface area contributed by atoms with Crippen molar-refractivity contribution < 1.29 is 0 Å². The molecule has 2 nitrogen and oxygen atoms in total. The highest BCUT2D eigenvalue weighted by molar-refractivity contribution is 5.23. The molecular formula is C16H26N2. The van der Waals surface area contributed by atoms with Crippen LogP contribution in [0.1, 0.15) is 43.7 Å². The van der Waals surface area contributed by atoms with Gasteiger partial charge in [-0.15, -0.1) is 0 Å². The van der Waals surface area contributed by atoms with Crippen LogP contribution in [0.25, 0.3) is 0 Å². The summed E-state index contributed by atoms with van der Waals surface area (Å²) in [6, 6.07) is 9.44. The molecule has 1 aromatic rings. The molecule has 1 aliphatic rings. The van der Waals surface area contributed by atoms with Crippen molar-refractivity contribution in [3.8, 4) is 0 Å². The lowest BCUT2D eigenvalue weighted by Crippen LogP contribution is -2.34. The lowest BCUT2D eigenvalue weighted by molar-refractivity contribution is 0.164. The van der Waals surface area contributed by atoms with Crippen molar-refractivity contribution in [3.05, 3.63) is 35.4 Å². The maximum absolute atomic E-state index is 5.69. The van der Waals surface area contributed by atoms with Crippen molar-refractivity contribution in [1.29, 1.82) is 0 Å². The summed E-state index contributed by atoms with van der Waals surface area (Å²) in [5.74, 6) is 0.926. The van der Waals surface area contributed by atoms with Crippen LogP contribution in [-0.2, 0) is 13.1 Å². The number of hydrogen-bond acceptors (Lipinski definition) is 2. The number of benzene rings is 1. The van der Waals surface area contributed by atoms with Gasteiger partial charge in [-0.2, -0.15) is 0 Å². The Morgan fingerprint density at radius 2 is 1.83 bits per heavy atom. The topological polar surface area (TPSA) is 29.3 Å². The van der Waals surface area contributed by atoms with E-state index in [1.807, 2.05) is 0 Å². The van der Waals surface area contributed by atoms with Gasteiger partial charge in [0.05, 0.1) is 0 Å². The van der Waals surface area contributed by atoms with Crippen molar-refractivity contribution in [2.75, 3.05) is 7.05 Å². The minimum Gasteiger partial charge on any atom is -0.326 e. The fraction of sp³-hybridized carbons (Fsp3) is 0.625. The van der Waals surface area contributed by atoms with E-state index in [2.05, 4.69) is 43.1 Å². The Morgan fingerprint density at radius 3 is 2.50 bits per heavy atom. The Labute approximate surface area is 111 Å². The summed E-state index contributed by atoms with van der Waals surface area (Å²) in [7, 11) is 2.26. The monoisotopic (exact) mass is 246 g/mol. The second-order valence-electron chi connectivity index (χ2n) is 5.85. The Bertz CT molecular complexity index is 367. The number of nitrogens with two attached hydrogens (primary N) is 1. The van der Waals surface area contributed by atoms with Gasteiger partial charge in [0.15, 0.2) is 0 Å². The van der Waals surface area contributed by atoms with Crippen LogP contribution in [0.5, 0.6) is 0 Å². The molecule has 0 bridgehead atoms. The zero-order chi connectivity index (χ0) is 13.0. The first-order chi connectivity index (χ1) is 8.69. The minimum absolute atomic E-state index is 0.637. The van der Waals surface area contributed by atoms with Gasteiger partial charge in [0.1, 0.15) is 0 Å². The zero-order valence-electron chi connectivity index (χ0n) is 11.7. The summed E-state index contributed by atoms with van der Waals surface area (Å²) >= 11 is 0.